The molecule has 29 heavy (non-hydrogen) atoms. The molecule has 5 N–H and O–H groups in total. The number of hydrogen-bond acceptors (Lipinski definition) is 7. The fourth-order valence-electron chi connectivity index (χ4n) is 3.46. The molecule has 1 saturated carbocycles. The maximum Gasteiger partial charge on any atom is 0.254 e. The van der Waals surface area contributed by atoms with Gasteiger partial charge in [0.1, 0.15) is 24.4 Å². The van der Waals surface area contributed by atoms with Crippen molar-refractivity contribution in [3.8, 4) is 5.75 Å². The van der Waals surface area contributed by atoms with Crippen LogP contribution in [0.25, 0.3) is 0 Å². The molecule has 1 aromatic rings. The number of carbonyl (C=O) groups excluding carboxylic acids is 1. The second-order valence-corrected chi connectivity index (χ2v) is 7.13. The first-order valence-corrected chi connectivity index (χ1v) is 9.20. The van der Waals surface area contributed by atoms with Crippen LogP contribution in [0.1, 0.15) is 36.0 Å². The van der Waals surface area contributed by atoms with E-state index in [0.29, 0.717) is 18.9 Å². The largest absolute Gasteiger partial charge is 0.456 e. The Hall–Kier alpha value is -1.92. The summed E-state index contributed by atoms with van der Waals surface area (Å²) in [6.45, 7) is -0.798. The lowest BCUT2D eigenvalue weighted by Crippen LogP contribution is -2.60. The van der Waals surface area contributed by atoms with E-state index in [0.717, 1.165) is 12.8 Å². The minimum atomic E-state index is -1.97. The van der Waals surface area contributed by atoms with Gasteiger partial charge >= 0.3 is 0 Å². The van der Waals surface area contributed by atoms with Crippen molar-refractivity contribution >= 4 is 5.91 Å². The van der Waals surface area contributed by atoms with Crippen LogP contribution in [-0.2, 0) is 4.74 Å². The van der Waals surface area contributed by atoms with Crippen molar-refractivity contribution in [1.82, 2.24) is 5.32 Å². The van der Waals surface area contributed by atoms with Crippen LogP contribution in [0.2, 0.25) is 0 Å². The average molecular weight is 421 g/mol. The van der Waals surface area contributed by atoms with E-state index in [1.54, 1.807) is 0 Å². The van der Waals surface area contributed by atoms with Gasteiger partial charge in [-0.1, -0.05) is 12.8 Å². The maximum atomic E-state index is 14.8. The number of nitrogens with one attached hydrogen (secondary N) is 1. The molecule has 0 bridgehead atoms. The third kappa shape index (κ3) is 4.33. The highest BCUT2D eigenvalue weighted by Crippen LogP contribution is 2.31. The SMILES string of the molecule is O=C(NC1CCCC1)c1cc(F)c(F)c(OC2OC(CO)C(O)C(O)C2O)c1F. The molecule has 1 heterocycles. The summed E-state index contributed by atoms with van der Waals surface area (Å²) >= 11 is 0. The molecule has 3 rings (SSSR count). The van der Waals surface area contributed by atoms with E-state index in [9.17, 15) is 33.3 Å². The normalized spacial score (nSPS) is 30.4. The molecular weight excluding hydrogens is 399 g/mol. The molecule has 1 saturated heterocycles. The predicted octanol–water partition coefficient (Wildman–Crippen LogP) is -0.0450. The number of halogens is 3. The zero-order valence-corrected chi connectivity index (χ0v) is 15.2. The van der Waals surface area contributed by atoms with Gasteiger partial charge in [0.25, 0.3) is 5.91 Å². The third-order valence-electron chi connectivity index (χ3n) is 5.13. The van der Waals surface area contributed by atoms with Crippen LogP contribution in [-0.4, -0.2) is 69.7 Å². The Labute approximate surface area is 163 Å². The predicted molar refractivity (Wildman–Crippen MR) is 90.4 cm³/mol. The molecule has 2 aliphatic rings. The highest BCUT2D eigenvalue weighted by Gasteiger charge is 2.45. The summed E-state index contributed by atoms with van der Waals surface area (Å²) in [4.78, 5) is 12.3. The van der Waals surface area contributed by atoms with E-state index in [1.807, 2.05) is 0 Å². The molecule has 0 radical (unpaired) electrons. The highest BCUT2D eigenvalue weighted by molar-refractivity contribution is 5.95. The number of benzene rings is 1. The van der Waals surface area contributed by atoms with Crippen LogP contribution >= 0.6 is 0 Å². The third-order valence-corrected chi connectivity index (χ3v) is 5.13. The molecular formula is C18H22F3NO7. The molecule has 1 aromatic carbocycles. The Morgan fingerprint density at radius 3 is 2.38 bits per heavy atom. The lowest BCUT2D eigenvalue weighted by molar-refractivity contribution is -0.278. The first-order chi connectivity index (χ1) is 13.7. The molecule has 2 fully saturated rings. The van der Waals surface area contributed by atoms with E-state index in [2.05, 4.69) is 5.32 Å². The number of aliphatic hydroxyl groups excluding tert-OH is 4. The van der Waals surface area contributed by atoms with E-state index in [-0.39, 0.29) is 6.04 Å². The second kappa shape index (κ2) is 8.84. The summed E-state index contributed by atoms with van der Waals surface area (Å²) < 4.78 is 52.9. The monoisotopic (exact) mass is 421 g/mol. The van der Waals surface area contributed by atoms with Crippen molar-refractivity contribution in [2.45, 2.75) is 62.4 Å². The average Bonchev–Trinajstić information content (AvgIpc) is 3.20. The summed E-state index contributed by atoms with van der Waals surface area (Å²) in [5, 5.41) is 41.1. The van der Waals surface area contributed by atoms with Crippen LogP contribution in [0.5, 0.6) is 5.75 Å². The Bertz CT molecular complexity index is 757. The van der Waals surface area contributed by atoms with Crippen molar-refractivity contribution in [3.05, 3.63) is 29.1 Å². The van der Waals surface area contributed by atoms with Crippen LogP contribution in [0.4, 0.5) is 13.2 Å². The summed E-state index contributed by atoms with van der Waals surface area (Å²) in [5.41, 5.74) is -0.796. The van der Waals surface area contributed by atoms with Gasteiger partial charge in [0.15, 0.2) is 17.4 Å². The van der Waals surface area contributed by atoms with Gasteiger partial charge in [0.05, 0.1) is 12.2 Å². The van der Waals surface area contributed by atoms with E-state index >= 15 is 0 Å². The highest BCUT2D eigenvalue weighted by atomic mass is 19.2. The van der Waals surface area contributed by atoms with Crippen molar-refractivity contribution in [3.63, 3.8) is 0 Å². The summed E-state index contributed by atoms with van der Waals surface area (Å²) in [6.07, 6.45) is -5.75. The minimum Gasteiger partial charge on any atom is -0.456 e. The molecule has 1 amide bonds. The smallest absolute Gasteiger partial charge is 0.254 e. The van der Waals surface area contributed by atoms with Crippen LogP contribution in [0, 0.1) is 17.5 Å². The number of amides is 1. The van der Waals surface area contributed by atoms with Gasteiger partial charge in [0.2, 0.25) is 12.1 Å². The summed E-state index contributed by atoms with van der Waals surface area (Å²) in [6, 6.07) is 0.194. The summed E-state index contributed by atoms with van der Waals surface area (Å²) in [7, 11) is 0. The number of hydrogen-bond donors (Lipinski definition) is 5. The second-order valence-electron chi connectivity index (χ2n) is 7.13. The van der Waals surface area contributed by atoms with Crippen LogP contribution in [0.15, 0.2) is 6.07 Å². The number of ether oxygens (including phenoxy) is 2. The van der Waals surface area contributed by atoms with Gasteiger partial charge < -0.3 is 35.2 Å². The first kappa shape index (κ1) is 21.8. The van der Waals surface area contributed by atoms with Crippen molar-refractivity contribution in [2.75, 3.05) is 6.61 Å². The van der Waals surface area contributed by atoms with Gasteiger partial charge in [-0.15, -0.1) is 0 Å². The summed E-state index contributed by atoms with van der Waals surface area (Å²) in [5.74, 6) is -7.13. The van der Waals surface area contributed by atoms with E-state index < -0.39 is 72.0 Å². The zero-order valence-electron chi connectivity index (χ0n) is 15.2. The van der Waals surface area contributed by atoms with Gasteiger partial charge in [-0.3, -0.25) is 4.79 Å². The van der Waals surface area contributed by atoms with Crippen molar-refractivity contribution in [2.24, 2.45) is 0 Å². The van der Waals surface area contributed by atoms with Gasteiger partial charge in [0, 0.05) is 6.04 Å². The molecule has 1 aliphatic heterocycles. The molecule has 8 nitrogen and oxygen atoms in total. The Morgan fingerprint density at radius 2 is 1.76 bits per heavy atom. The standard InChI is InChI=1S/C18H22F3NO7/c19-9-5-8(17(27)22-7-3-1-2-4-7)11(20)16(12(9)21)29-18-15(26)14(25)13(24)10(6-23)28-18/h5,7,10,13-15,18,23-26H,1-4,6H2,(H,22,27). The molecule has 162 valence electrons. The van der Waals surface area contributed by atoms with Gasteiger partial charge in [-0.25, -0.2) is 8.78 Å². The molecule has 1 aliphatic carbocycles. The molecule has 5 unspecified atom stereocenters. The number of aliphatic hydroxyl groups is 4. The topological polar surface area (TPSA) is 128 Å². The molecule has 0 spiro atoms. The molecule has 11 heteroatoms. The Kier molecular flexibility index (Phi) is 6.64. The van der Waals surface area contributed by atoms with E-state index in [1.165, 1.54) is 0 Å². The fourth-order valence-corrected chi connectivity index (χ4v) is 3.46. The lowest BCUT2D eigenvalue weighted by Gasteiger charge is -2.39. The minimum absolute atomic E-state index is 0.204. The maximum absolute atomic E-state index is 14.8. The lowest BCUT2D eigenvalue weighted by atomic mass is 9.99. The Balaban J connectivity index is 1.86. The number of carbonyl (C=O) groups is 1. The Morgan fingerprint density at radius 1 is 1.10 bits per heavy atom. The van der Waals surface area contributed by atoms with Gasteiger partial charge in [-0.2, -0.15) is 4.39 Å². The van der Waals surface area contributed by atoms with Gasteiger partial charge in [-0.05, 0) is 18.9 Å². The van der Waals surface area contributed by atoms with Crippen molar-refractivity contribution in [1.29, 1.82) is 0 Å². The quantitative estimate of drug-likeness (QED) is 0.422. The molecule has 0 aromatic heterocycles. The van der Waals surface area contributed by atoms with E-state index in [4.69, 9.17) is 14.6 Å². The molecule has 5 atom stereocenters. The van der Waals surface area contributed by atoms with Crippen LogP contribution in [0.3, 0.4) is 0 Å². The number of rotatable bonds is 5. The fraction of sp³-hybridized carbons (Fsp3) is 0.611. The first-order valence-electron chi connectivity index (χ1n) is 9.20. The van der Waals surface area contributed by atoms with Crippen molar-refractivity contribution < 1.29 is 47.9 Å². The van der Waals surface area contributed by atoms with Crippen LogP contribution < -0.4 is 10.1 Å². The zero-order chi connectivity index (χ0) is 21.3.